The average Bonchev–Trinajstić information content (AvgIpc) is 2.90. The van der Waals surface area contributed by atoms with Crippen LogP contribution in [0.4, 0.5) is 0 Å². The Hall–Kier alpha value is -2.28. The minimum absolute atomic E-state index is 0.214. The number of tetrazole rings is 1. The van der Waals surface area contributed by atoms with Crippen LogP contribution >= 0.6 is 0 Å². The largest absolute Gasteiger partial charge is 0.392 e. The molecule has 3 N–H and O–H groups in total. The van der Waals surface area contributed by atoms with Crippen molar-refractivity contribution < 1.29 is 9.90 Å². The SMILES string of the molecule is CC(O)CNC(=O)c1cccc(-c2nn[nH]n2)c1. The van der Waals surface area contributed by atoms with Gasteiger partial charge in [0.1, 0.15) is 0 Å². The van der Waals surface area contributed by atoms with E-state index in [2.05, 4.69) is 25.9 Å². The molecule has 7 nitrogen and oxygen atoms in total. The Labute approximate surface area is 103 Å². The first-order chi connectivity index (χ1) is 8.66. The highest BCUT2D eigenvalue weighted by Gasteiger charge is 2.09. The second-order valence-corrected chi connectivity index (χ2v) is 3.88. The number of aromatic nitrogens is 4. The minimum atomic E-state index is -0.575. The van der Waals surface area contributed by atoms with Gasteiger partial charge in [0.2, 0.25) is 5.82 Å². The number of carbonyl (C=O) groups excluding carboxylic acids is 1. The fourth-order valence-electron chi connectivity index (χ4n) is 1.43. The number of amides is 1. The van der Waals surface area contributed by atoms with Crippen molar-refractivity contribution in [2.24, 2.45) is 0 Å². The number of hydrogen-bond donors (Lipinski definition) is 3. The van der Waals surface area contributed by atoms with Gasteiger partial charge in [-0.3, -0.25) is 4.79 Å². The Kier molecular flexibility index (Phi) is 3.63. The zero-order chi connectivity index (χ0) is 13.0. The van der Waals surface area contributed by atoms with E-state index in [4.69, 9.17) is 5.11 Å². The molecular weight excluding hydrogens is 234 g/mol. The number of benzene rings is 1. The van der Waals surface area contributed by atoms with Gasteiger partial charge in [-0.1, -0.05) is 12.1 Å². The molecule has 1 aromatic carbocycles. The summed E-state index contributed by atoms with van der Waals surface area (Å²) in [5.74, 6) is 0.182. The van der Waals surface area contributed by atoms with E-state index in [0.29, 0.717) is 17.0 Å². The van der Waals surface area contributed by atoms with Crippen LogP contribution in [0.5, 0.6) is 0 Å². The number of aromatic amines is 1. The van der Waals surface area contributed by atoms with Gasteiger partial charge in [0, 0.05) is 17.7 Å². The number of nitrogens with one attached hydrogen (secondary N) is 2. The predicted octanol–water partition coefficient (Wildman–Crippen LogP) is -0.0227. The molecule has 1 aromatic heterocycles. The van der Waals surface area contributed by atoms with Crippen LogP contribution in [-0.2, 0) is 0 Å². The maximum atomic E-state index is 11.8. The summed E-state index contributed by atoms with van der Waals surface area (Å²) in [5.41, 5.74) is 1.19. The Balaban J connectivity index is 2.15. The standard InChI is InChI=1S/C11H13N5O2/c1-7(17)6-12-11(18)9-4-2-3-8(5-9)10-13-15-16-14-10/h2-5,7,17H,6H2,1H3,(H,12,18)(H,13,14,15,16). The van der Waals surface area contributed by atoms with Crippen molar-refractivity contribution in [3.05, 3.63) is 29.8 Å². The van der Waals surface area contributed by atoms with E-state index in [1.54, 1.807) is 31.2 Å². The van der Waals surface area contributed by atoms with Crippen molar-refractivity contribution >= 4 is 5.91 Å². The van der Waals surface area contributed by atoms with Gasteiger partial charge in [-0.15, -0.1) is 10.2 Å². The number of carbonyl (C=O) groups is 1. The lowest BCUT2D eigenvalue weighted by Gasteiger charge is -2.07. The Morgan fingerprint density at radius 1 is 1.56 bits per heavy atom. The van der Waals surface area contributed by atoms with Crippen LogP contribution in [0.3, 0.4) is 0 Å². The topological polar surface area (TPSA) is 104 Å². The number of H-pyrrole nitrogens is 1. The van der Waals surface area contributed by atoms with Crippen LogP contribution in [0.1, 0.15) is 17.3 Å². The van der Waals surface area contributed by atoms with E-state index in [0.717, 1.165) is 0 Å². The smallest absolute Gasteiger partial charge is 0.251 e. The second-order valence-electron chi connectivity index (χ2n) is 3.88. The first-order valence-corrected chi connectivity index (χ1v) is 5.47. The van der Waals surface area contributed by atoms with Crippen LogP contribution in [0.25, 0.3) is 11.4 Å². The minimum Gasteiger partial charge on any atom is -0.392 e. The van der Waals surface area contributed by atoms with Crippen LogP contribution in [0.2, 0.25) is 0 Å². The van der Waals surface area contributed by atoms with E-state index in [-0.39, 0.29) is 12.5 Å². The summed E-state index contributed by atoms with van der Waals surface area (Å²) in [4.78, 5) is 11.8. The number of rotatable bonds is 4. The van der Waals surface area contributed by atoms with Gasteiger partial charge in [-0.2, -0.15) is 5.21 Å². The fourth-order valence-corrected chi connectivity index (χ4v) is 1.43. The van der Waals surface area contributed by atoms with Gasteiger partial charge in [-0.05, 0) is 24.3 Å². The molecule has 94 valence electrons. The number of hydrogen-bond acceptors (Lipinski definition) is 5. The van der Waals surface area contributed by atoms with Crippen LogP contribution in [0, 0.1) is 0 Å². The zero-order valence-corrected chi connectivity index (χ0v) is 9.79. The highest BCUT2D eigenvalue weighted by molar-refractivity contribution is 5.95. The molecule has 1 amide bonds. The molecule has 1 heterocycles. The zero-order valence-electron chi connectivity index (χ0n) is 9.79. The van der Waals surface area contributed by atoms with E-state index in [9.17, 15) is 4.79 Å². The number of aliphatic hydroxyl groups is 1. The van der Waals surface area contributed by atoms with Crippen LogP contribution in [0.15, 0.2) is 24.3 Å². The van der Waals surface area contributed by atoms with Gasteiger partial charge in [0.15, 0.2) is 0 Å². The molecule has 1 atom stereocenters. The predicted molar refractivity (Wildman–Crippen MR) is 63.6 cm³/mol. The lowest BCUT2D eigenvalue weighted by Crippen LogP contribution is -2.30. The Bertz CT molecular complexity index is 524. The third-order valence-electron chi connectivity index (χ3n) is 2.29. The van der Waals surface area contributed by atoms with Crippen molar-refractivity contribution in [2.45, 2.75) is 13.0 Å². The van der Waals surface area contributed by atoms with Gasteiger partial charge < -0.3 is 10.4 Å². The second kappa shape index (κ2) is 5.37. The highest BCUT2D eigenvalue weighted by atomic mass is 16.3. The Morgan fingerprint density at radius 2 is 2.39 bits per heavy atom. The molecule has 0 radical (unpaired) electrons. The van der Waals surface area contributed by atoms with Crippen LogP contribution in [-0.4, -0.2) is 44.3 Å². The normalized spacial score (nSPS) is 12.1. The monoisotopic (exact) mass is 247 g/mol. The average molecular weight is 247 g/mol. The molecule has 2 rings (SSSR count). The summed E-state index contributed by atoms with van der Waals surface area (Å²) in [6.07, 6.45) is -0.575. The van der Waals surface area contributed by atoms with Crippen molar-refractivity contribution in [3.63, 3.8) is 0 Å². The summed E-state index contributed by atoms with van der Waals surface area (Å²) < 4.78 is 0. The molecule has 0 aliphatic carbocycles. The summed E-state index contributed by atoms with van der Waals surface area (Å²) in [6, 6.07) is 6.88. The lowest BCUT2D eigenvalue weighted by atomic mass is 10.1. The summed E-state index contributed by atoms with van der Waals surface area (Å²) in [7, 11) is 0. The van der Waals surface area contributed by atoms with Crippen molar-refractivity contribution in [1.29, 1.82) is 0 Å². The molecule has 0 aliphatic rings. The van der Waals surface area contributed by atoms with Crippen molar-refractivity contribution in [3.8, 4) is 11.4 Å². The maximum absolute atomic E-state index is 11.8. The highest BCUT2D eigenvalue weighted by Crippen LogP contribution is 2.14. The lowest BCUT2D eigenvalue weighted by molar-refractivity contribution is 0.0924. The molecule has 0 bridgehead atoms. The number of nitrogens with zero attached hydrogens (tertiary/aromatic N) is 3. The third-order valence-corrected chi connectivity index (χ3v) is 2.29. The van der Waals surface area contributed by atoms with Gasteiger partial charge >= 0.3 is 0 Å². The summed E-state index contributed by atoms with van der Waals surface area (Å²) in [6.45, 7) is 1.82. The molecule has 7 heteroatoms. The molecule has 0 saturated carbocycles. The molecule has 2 aromatic rings. The molecule has 0 aliphatic heterocycles. The summed E-state index contributed by atoms with van der Waals surface area (Å²) in [5, 5.41) is 25.2. The molecule has 18 heavy (non-hydrogen) atoms. The third kappa shape index (κ3) is 2.89. The van der Waals surface area contributed by atoms with E-state index in [1.165, 1.54) is 0 Å². The van der Waals surface area contributed by atoms with Gasteiger partial charge in [0.05, 0.1) is 6.10 Å². The van der Waals surface area contributed by atoms with Crippen molar-refractivity contribution in [1.82, 2.24) is 25.9 Å². The van der Waals surface area contributed by atoms with Crippen molar-refractivity contribution in [2.75, 3.05) is 6.54 Å². The van der Waals surface area contributed by atoms with Crippen LogP contribution < -0.4 is 5.32 Å². The van der Waals surface area contributed by atoms with E-state index in [1.807, 2.05) is 0 Å². The molecule has 0 spiro atoms. The van der Waals surface area contributed by atoms with E-state index < -0.39 is 6.10 Å². The maximum Gasteiger partial charge on any atom is 0.251 e. The number of aliphatic hydroxyl groups excluding tert-OH is 1. The van der Waals surface area contributed by atoms with E-state index >= 15 is 0 Å². The van der Waals surface area contributed by atoms with Gasteiger partial charge in [0.25, 0.3) is 5.91 Å². The van der Waals surface area contributed by atoms with Gasteiger partial charge in [-0.25, -0.2) is 0 Å². The molecule has 1 unspecified atom stereocenters. The first-order valence-electron chi connectivity index (χ1n) is 5.47. The molecular formula is C11H13N5O2. The fraction of sp³-hybridized carbons (Fsp3) is 0.273. The summed E-state index contributed by atoms with van der Waals surface area (Å²) >= 11 is 0. The molecule has 0 saturated heterocycles. The first kappa shape index (κ1) is 12.2. The Morgan fingerprint density at radius 3 is 3.06 bits per heavy atom. The quantitative estimate of drug-likeness (QED) is 0.704. The molecule has 0 fully saturated rings.